The molecule has 17 heavy (non-hydrogen) atoms. The Kier molecular flexibility index (Phi) is 11.0. The van der Waals surface area contributed by atoms with Gasteiger partial charge in [0.15, 0.2) is 0 Å². The van der Waals surface area contributed by atoms with Crippen molar-refractivity contribution in [2.24, 2.45) is 5.73 Å². The van der Waals surface area contributed by atoms with Crippen LogP contribution in [-0.2, 0) is 14.2 Å². The summed E-state index contributed by atoms with van der Waals surface area (Å²) in [4.78, 5) is 13.0. The number of hydrogen-bond acceptors (Lipinski definition) is 5. The molecule has 0 atom stereocenters. The molecule has 0 radical (unpaired) electrons. The maximum absolute atomic E-state index is 11.4. The highest BCUT2D eigenvalue weighted by Crippen LogP contribution is 1.94. The van der Waals surface area contributed by atoms with Gasteiger partial charge in [0, 0.05) is 26.2 Å². The highest BCUT2D eigenvalue weighted by atomic mass is 16.5. The summed E-state index contributed by atoms with van der Waals surface area (Å²) in [5.41, 5.74) is 5.29. The van der Waals surface area contributed by atoms with Crippen molar-refractivity contribution in [3.63, 3.8) is 0 Å². The van der Waals surface area contributed by atoms with Crippen LogP contribution >= 0.6 is 0 Å². The number of amides is 1. The number of rotatable bonds is 10. The van der Waals surface area contributed by atoms with E-state index >= 15 is 0 Å². The Balaban J connectivity index is 3.76. The molecule has 0 saturated carbocycles. The van der Waals surface area contributed by atoms with Crippen molar-refractivity contribution in [2.75, 3.05) is 53.2 Å². The lowest BCUT2D eigenvalue weighted by Crippen LogP contribution is -2.36. The molecule has 0 aliphatic carbocycles. The standard InChI is InChI=1S/C11H24N2O4/c1-3-7-16-9-5-13(11(14)15-2)6-10-17-8-4-12/h3-10,12H2,1-2H3. The van der Waals surface area contributed by atoms with E-state index in [-0.39, 0.29) is 6.09 Å². The second-order valence-electron chi connectivity index (χ2n) is 3.47. The Morgan fingerprint density at radius 2 is 1.71 bits per heavy atom. The van der Waals surface area contributed by atoms with E-state index in [2.05, 4.69) is 4.74 Å². The fraction of sp³-hybridized carbons (Fsp3) is 0.909. The van der Waals surface area contributed by atoms with E-state index in [9.17, 15) is 4.79 Å². The van der Waals surface area contributed by atoms with Crippen LogP contribution in [0.2, 0.25) is 0 Å². The molecule has 0 saturated heterocycles. The van der Waals surface area contributed by atoms with Gasteiger partial charge in [-0.2, -0.15) is 0 Å². The molecular weight excluding hydrogens is 224 g/mol. The van der Waals surface area contributed by atoms with Crippen molar-refractivity contribution in [3.05, 3.63) is 0 Å². The van der Waals surface area contributed by atoms with Crippen molar-refractivity contribution in [3.8, 4) is 0 Å². The average Bonchev–Trinajstić information content (AvgIpc) is 2.36. The van der Waals surface area contributed by atoms with E-state index in [4.69, 9.17) is 15.2 Å². The van der Waals surface area contributed by atoms with Crippen LogP contribution in [0.1, 0.15) is 13.3 Å². The first-order valence-electron chi connectivity index (χ1n) is 5.94. The van der Waals surface area contributed by atoms with Gasteiger partial charge in [-0.3, -0.25) is 0 Å². The summed E-state index contributed by atoms with van der Waals surface area (Å²) < 4.78 is 15.2. The predicted molar refractivity (Wildman–Crippen MR) is 65.0 cm³/mol. The molecule has 0 aromatic heterocycles. The fourth-order valence-electron chi connectivity index (χ4n) is 1.20. The summed E-state index contributed by atoms with van der Waals surface area (Å²) >= 11 is 0. The molecule has 0 fully saturated rings. The molecule has 0 aliphatic heterocycles. The monoisotopic (exact) mass is 248 g/mol. The number of hydrogen-bond donors (Lipinski definition) is 1. The van der Waals surface area contributed by atoms with E-state index in [0.717, 1.165) is 6.42 Å². The van der Waals surface area contributed by atoms with Gasteiger partial charge in [-0.25, -0.2) is 4.79 Å². The first-order chi connectivity index (χ1) is 8.26. The zero-order valence-electron chi connectivity index (χ0n) is 10.8. The minimum Gasteiger partial charge on any atom is -0.453 e. The summed E-state index contributed by atoms with van der Waals surface area (Å²) in [5.74, 6) is 0. The quantitative estimate of drug-likeness (QED) is 0.568. The van der Waals surface area contributed by atoms with Gasteiger partial charge in [-0.15, -0.1) is 0 Å². The molecule has 0 rings (SSSR count). The molecule has 6 heteroatoms. The molecule has 0 spiro atoms. The predicted octanol–water partition coefficient (Wildman–Crippen LogP) is 0.457. The van der Waals surface area contributed by atoms with Crippen LogP contribution in [0, 0.1) is 0 Å². The van der Waals surface area contributed by atoms with Crippen LogP contribution in [0.3, 0.4) is 0 Å². The molecule has 0 bridgehead atoms. The van der Waals surface area contributed by atoms with Crippen molar-refractivity contribution in [1.29, 1.82) is 0 Å². The number of carbonyl (C=O) groups excluding carboxylic acids is 1. The van der Waals surface area contributed by atoms with Gasteiger partial charge in [-0.05, 0) is 6.42 Å². The van der Waals surface area contributed by atoms with Crippen molar-refractivity contribution < 1.29 is 19.0 Å². The van der Waals surface area contributed by atoms with Crippen LogP contribution in [-0.4, -0.2) is 64.2 Å². The van der Waals surface area contributed by atoms with Crippen LogP contribution in [0.5, 0.6) is 0 Å². The summed E-state index contributed by atoms with van der Waals surface area (Å²) in [6.45, 7) is 5.71. The minimum atomic E-state index is -0.360. The largest absolute Gasteiger partial charge is 0.453 e. The molecule has 0 heterocycles. The molecule has 0 aromatic carbocycles. The first-order valence-corrected chi connectivity index (χ1v) is 5.94. The number of nitrogens with zero attached hydrogens (tertiary/aromatic N) is 1. The lowest BCUT2D eigenvalue weighted by atomic mass is 10.5. The Bertz CT molecular complexity index is 178. The van der Waals surface area contributed by atoms with Gasteiger partial charge in [0.05, 0.1) is 26.9 Å². The SMILES string of the molecule is CCCOCCN(CCOCCN)C(=O)OC. The fourth-order valence-corrected chi connectivity index (χ4v) is 1.20. The van der Waals surface area contributed by atoms with Gasteiger partial charge >= 0.3 is 6.09 Å². The maximum Gasteiger partial charge on any atom is 0.409 e. The number of nitrogens with two attached hydrogens (primary N) is 1. The molecule has 0 unspecified atom stereocenters. The summed E-state index contributed by atoms with van der Waals surface area (Å²) in [7, 11) is 1.36. The van der Waals surface area contributed by atoms with E-state index in [1.807, 2.05) is 6.92 Å². The molecule has 0 aromatic rings. The second kappa shape index (κ2) is 11.6. The lowest BCUT2D eigenvalue weighted by molar-refractivity contribution is 0.0651. The normalized spacial score (nSPS) is 10.3. The first kappa shape index (κ1) is 16.1. The molecular formula is C11H24N2O4. The van der Waals surface area contributed by atoms with Crippen LogP contribution in [0.15, 0.2) is 0 Å². The Morgan fingerprint density at radius 1 is 1.12 bits per heavy atom. The van der Waals surface area contributed by atoms with Crippen LogP contribution in [0.4, 0.5) is 4.79 Å². The highest BCUT2D eigenvalue weighted by Gasteiger charge is 2.12. The van der Waals surface area contributed by atoms with Crippen LogP contribution < -0.4 is 5.73 Å². The maximum atomic E-state index is 11.4. The van der Waals surface area contributed by atoms with Gasteiger partial charge in [-0.1, -0.05) is 6.92 Å². The van der Waals surface area contributed by atoms with Crippen molar-refractivity contribution in [1.82, 2.24) is 4.90 Å². The molecule has 0 aliphatic rings. The van der Waals surface area contributed by atoms with Gasteiger partial charge in [0.1, 0.15) is 0 Å². The third-order valence-electron chi connectivity index (χ3n) is 2.05. The zero-order chi connectivity index (χ0) is 12.9. The molecule has 1 amide bonds. The van der Waals surface area contributed by atoms with E-state index in [0.29, 0.717) is 46.1 Å². The zero-order valence-corrected chi connectivity index (χ0v) is 10.8. The van der Waals surface area contributed by atoms with Gasteiger partial charge in [0.25, 0.3) is 0 Å². The van der Waals surface area contributed by atoms with Gasteiger partial charge < -0.3 is 24.8 Å². The summed E-state index contributed by atoms with van der Waals surface area (Å²) in [6, 6.07) is 0. The van der Waals surface area contributed by atoms with Crippen molar-refractivity contribution >= 4 is 6.09 Å². The van der Waals surface area contributed by atoms with E-state index in [1.54, 1.807) is 4.90 Å². The topological polar surface area (TPSA) is 74.0 Å². The third-order valence-corrected chi connectivity index (χ3v) is 2.05. The van der Waals surface area contributed by atoms with Crippen LogP contribution in [0.25, 0.3) is 0 Å². The lowest BCUT2D eigenvalue weighted by Gasteiger charge is -2.20. The summed E-state index contributed by atoms with van der Waals surface area (Å²) in [6.07, 6.45) is 0.610. The van der Waals surface area contributed by atoms with Crippen molar-refractivity contribution in [2.45, 2.75) is 13.3 Å². The van der Waals surface area contributed by atoms with E-state index in [1.165, 1.54) is 7.11 Å². The Hall–Kier alpha value is -0.850. The third kappa shape index (κ3) is 8.91. The smallest absolute Gasteiger partial charge is 0.409 e. The minimum absolute atomic E-state index is 0.360. The summed E-state index contributed by atoms with van der Waals surface area (Å²) in [5, 5.41) is 0. The average molecular weight is 248 g/mol. The second-order valence-corrected chi connectivity index (χ2v) is 3.47. The highest BCUT2D eigenvalue weighted by molar-refractivity contribution is 5.67. The number of methoxy groups -OCH3 is 1. The number of ether oxygens (including phenoxy) is 3. The molecule has 2 N–H and O–H groups in total. The van der Waals surface area contributed by atoms with Gasteiger partial charge in [0.2, 0.25) is 0 Å². The van der Waals surface area contributed by atoms with E-state index < -0.39 is 0 Å². The molecule has 102 valence electrons. The molecule has 6 nitrogen and oxygen atoms in total. The Morgan fingerprint density at radius 3 is 2.18 bits per heavy atom. The number of carbonyl (C=O) groups is 1. The Labute approximate surface area is 103 Å².